The van der Waals surface area contributed by atoms with Crippen molar-refractivity contribution in [1.82, 2.24) is 15.1 Å². The van der Waals surface area contributed by atoms with Crippen molar-refractivity contribution in [3.05, 3.63) is 24.2 Å². The maximum Gasteiger partial charge on any atom is 0.122 e. The Morgan fingerprint density at radius 1 is 1.35 bits per heavy atom. The smallest absolute Gasteiger partial charge is 0.122 e. The van der Waals surface area contributed by atoms with Crippen LogP contribution in [-0.4, -0.2) is 55.6 Å². The monoisotopic (exact) mass is 279 g/mol. The summed E-state index contributed by atoms with van der Waals surface area (Å²) >= 11 is 0. The molecule has 20 heavy (non-hydrogen) atoms. The predicted octanol–water partition coefficient (Wildman–Crippen LogP) is 2.35. The minimum absolute atomic E-state index is 0.347. The predicted molar refractivity (Wildman–Crippen MR) is 82.9 cm³/mol. The normalized spacial score (nSPS) is 19.6. The van der Waals surface area contributed by atoms with Crippen LogP contribution in [0.15, 0.2) is 22.8 Å². The van der Waals surface area contributed by atoms with Gasteiger partial charge in [-0.15, -0.1) is 0 Å². The van der Waals surface area contributed by atoms with Gasteiger partial charge >= 0.3 is 0 Å². The van der Waals surface area contributed by atoms with E-state index in [1.807, 2.05) is 6.07 Å². The molecule has 1 aromatic rings. The SMILES string of the molecule is CCN(CC)[C@H](CNC1CCN(C)CC1)c1ccco1. The fourth-order valence-electron chi connectivity index (χ4n) is 3.05. The highest BCUT2D eigenvalue weighted by Gasteiger charge is 2.23. The van der Waals surface area contributed by atoms with Crippen molar-refractivity contribution in [3.63, 3.8) is 0 Å². The number of nitrogens with one attached hydrogen (secondary N) is 1. The molecular weight excluding hydrogens is 250 g/mol. The van der Waals surface area contributed by atoms with Crippen LogP contribution in [0.5, 0.6) is 0 Å². The van der Waals surface area contributed by atoms with Gasteiger partial charge in [-0.3, -0.25) is 4.90 Å². The van der Waals surface area contributed by atoms with Crippen molar-refractivity contribution < 1.29 is 4.42 Å². The van der Waals surface area contributed by atoms with Crippen molar-refractivity contribution in [2.75, 3.05) is 39.8 Å². The van der Waals surface area contributed by atoms with E-state index in [1.54, 1.807) is 6.26 Å². The molecule has 1 atom stereocenters. The van der Waals surface area contributed by atoms with Gasteiger partial charge in [0.05, 0.1) is 12.3 Å². The third-order valence-corrected chi connectivity index (χ3v) is 4.44. The topological polar surface area (TPSA) is 31.6 Å². The molecule has 0 aliphatic carbocycles. The zero-order chi connectivity index (χ0) is 14.4. The highest BCUT2D eigenvalue weighted by atomic mass is 16.3. The number of likely N-dealkylation sites (N-methyl/N-ethyl adjacent to an activating group) is 1. The molecule has 0 amide bonds. The molecule has 0 unspecified atom stereocenters. The molecule has 1 saturated heterocycles. The van der Waals surface area contributed by atoms with Crippen molar-refractivity contribution in [3.8, 4) is 0 Å². The first-order valence-corrected chi connectivity index (χ1v) is 7.94. The lowest BCUT2D eigenvalue weighted by Gasteiger charge is -2.33. The Kier molecular flexibility index (Phi) is 6.07. The lowest BCUT2D eigenvalue weighted by Crippen LogP contribution is -2.44. The van der Waals surface area contributed by atoms with Crippen LogP contribution in [0, 0.1) is 0 Å². The third kappa shape index (κ3) is 4.08. The molecule has 2 heterocycles. The minimum Gasteiger partial charge on any atom is -0.468 e. The lowest BCUT2D eigenvalue weighted by atomic mass is 10.0. The first kappa shape index (κ1) is 15.5. The highest BCUT2D eigenvalue weighted by Crippen LogP contribution is 2.21. The van der Waals surface area contributed by atoms with Crippen LogP contribution in [0.2, 0.25) is 0 Å². The molecule has 0 radical (unpaired) electrons. The van der Waals surface area contributed by atoms with Gasteiger partial charge in [0, 0.05) is 12.6 Å². The molecule has 2 rings (SSSR count). The van der Waals surface area contributed by atoms with Gasteiger partial charge in [-0.2, -0.15) is 0 Å². The van der Waals surface area contributed by atoms with Crippen LogP contribution in [0.4, 0.5) is 0 Å². The van der Waals surface area contributed by atoms with E-state index >= 15 is 0 Å². The summed E-state index contributed by atoms with van der Waals surface area (Å²) in [6.45, 7) is 9.92. The van der Waals surface area contributed by atoms with Crippen LogP contribution < -0.4 is 5.32 Å². The van der Waals surface area contributed by atoms with Crippen LogP contribution >= 0.6 is 0 Å². The molecule has 114 valence electrons. The molecule has 1 aliphatic rings. The fourth-order valence-corrected chi connectivity index (χ4v) is 3.05. The Bertz CT molecular complexity index is 354. The lowest BCUT2D eigenvalue weighted by molar-refractivity contribution is 0.171. The van der Waals surface area contributed by atoms with E-state index in [1.165, 1.54) is 25.9 Å². The van der Waals surface area contributed by atoms with Gasteiger partial charge in [0.2, 0.25) is 0 Å². The number of furan rings is 1. The molecule has 1 N–H and O–H groups in total. The minimum atomic E-state index is 0.347. The van der Waals surface area contributed by atoms with E-state index in [9.17, 15) is 0 Å². The van der Waals surface area contributed by atoms with Crippen LogP contribution in [-0.2, 0) is 0 Å². The Morgan fingerprint density at radius 3 is 2.60 bits per heavy atom. The summed E-state index contributed by atoms with van der Waals surface area (Å²) < 4.78 is 5.65. The average Bonchev–Trinajstić information content (AvgIpc) is 2.99. The van der Waals surface area contributed by atoms with E-state index in [0.29, 0.717) is 12.1 Å². The summed E-state index contributed by atoms with van der Waals surface area (Å²) in [5, 5.41) is 3.75. The number of likely N-dealkylation sites (tertiary alicyclic amines) is 1. The molecule has 0 saturated carbocycles. The maximum absolute atomic E-state index is 5.65. The maximum atomic E-state index is 5.65. The van der Waals surface area contributed by atoms with E-state index in [4.69, 9.17) is 4.42 Å². The standard InChI is InChI=1S/C16H29N3O/c1-4-19(5-2)15(16-7-6-12-20-16)13-17-14-8-10-18(3)11-9-14/h6-7,12,14-15,17H,4-5,8-11,13H2,1-3H3/t15-/m1/s1. The largest absolute Gasteiger partial charge is 0.468 e. The Balaban J connectivity index is 1.91. The number of hydrogen-bond acceptors (Lipinski definition) is 4. The number of hydrogen-bond donors (Lipinski definition) is 1. The van der Waals surface area contributed by atoms with Crippen LogP contribution in [0.1, 0.15) is 38.5 Å². The number of nitrogens with zero attached hydrogens (tertiary/aromatic N) is 2. The quantitative estimate of drug-likeness (QED) is 0.830. The highest BCUT2D eigenvalue weighted by molar-refractivity contribution is 5.05. The fraction of sp³-hybridized carbons (Fsp3) is 0.750. The second kappa shape index (κ2) is 7.81. The van der Waals surface area contributed by atoms with E-state index in [-0.39, 0.29) is 0 Å². The second-order valence-corrected chi connectivity index (χ2v) is 5.74. The molecule has 4 nitrogen and oxygen atoms in total. The summed E-state index contributed by atoms with van der Waals surface area (Å²) in [5.41, 5.74) is 0. The first-order valence-electron chi connectivity index (χ1n) is 7.94. The second-order valence-electron chi connectivity index (χ2n) is 5.74. The van der Waals surface area contributed by atoms with Gasteiger partial charge in [-0.1, -0.05) is 13.8 Å². The van der Waals surface area contributed by atoms with Gasteiger partial charge in [0.15, 0.2) is 0 Å². The van der Waals surface area contributed by atoms with Crippen LogP contribution in [0.25, 0.3) is 0 Å². The number of piperidine rings is 1. The zero-order valence-electron chi connectivity index (χ0n) is 13.1. The van der Waals surface area contributed by atoms with Gasteiger partial charge < -0.3 is 14.6 Å². The van der Waals surface area contributed by atoms with E-state index < -0.39 is 0 Å². The van der Waals surface area contributed by atoms with Crippen molar-refractivity contribution in [2.24, 2.45) is 0 Å². The Hall–Kier alpha value is -0.840. The van der Waals surface area contributed by atoms with E-state index in [2.05, 4.69) is 42.1 Å². The summed E-state index contributed by atoms with van der Waals surface area (Å²) in [5.74, 6) is 1.08. The van der Waals surface area contributed by atoms with Gasteiger partial charge in [-0.05, 0) is 58.2 Å². The molecule has 0 aromatic carbocycles. The van der Waals surface area contributed by atoms with Gasteiger partial charge in [0.1, 0.15) is 5.76 Å². The van der Waals surface area contributed by atoms with Crippen molar-refractivity contribution in [1.29, 1.82) is 0 Å². The Morgan fingerprint density at radius 2 is 2.05 bits per heavy atom. The van der Waals surface area contributed by atoms with E-state index in [0.717, 1.165) is 25.4 Å². The summed E-state index contributed by atoms with van der Waals surface area (Å²) in [4.78, 5) is 4.87. The molecule has 1 aromatic heterocycles. The molecule has 1 aliphatic heterocycles. The summed E-state index contributed by atoms with van der Waals surface area (Å²) in [6, 6.07) is 5.08. The van der Waals surface area contributed by atoms with Crippen LogP contribution in [0.3, 0.4) is 0 Å². The van der Waals surface area contributed by atoms with Gasteiger partial charge in [-0.25, -0.2) is 0 Å². The van der Waals surface area contributed by atoms with Crippen molar-refractivity contribution in [2.45, 2.75) is 38.8 Å². The zero-order valence-corrected chi connectivity index (χ0v) is 13.1. The average molecular weight is 279 g/mol. The first-order chi connectivity index (χ1) is 9.74. The Labute approximate surface area is 123 Å². The van der Waals surface area contributed by atoms with Crippen molar-refractivity contribution >= 4 is 0 Å². The molecule has 1 fully saturated rings. The summed E-state index contributed by atoms with van der Waals surface area (Å²) in [6.07, 6.45) is 4.28. The molecule has 4 heteroatoms. The molecular formula is C16H29N3O. The molecule has 0 spiro atoms. The number of rotatable bonds is 7. The summed E-state index contributed by atoms with van der Waals surface area (Å²) in [7, 11) is 2.21. The third-order valence-electron chi connectivity index (χ3n) is 4.44. The van der Waals surface area contributed by atoms with Gasteiger partial charge in [0.25, 0.3) is 0 Å². The molecule has 0 bridgehead atoms.